The summed E-state index contributed by atoms with van der Waals surface area (Å²) in [5.74, 6) is -0.830. The Labute approximate surface area is 152 Å². The minimum absolute atomic E-state index is 0.135. The second kappa shape index (κ2) is 5.53. The second-order valence-electron chi connectivity index (χ2n) is 8.33. The van der Waals surface area contributed by atoms with E-state index < -0.39 is 40.7 Å². The average Bonchev–Trinajstić information content (AvgIpc) is 3.34. The van der Waals surface area contributed by atoms with Gasteiger partial charge in [-0.05, 0) is 19.8 Å². The number of epoxide rings is 1. The fourth-order valence-corrected chi connectivity index (χ4v) is 5.60. The summed E-state index contributed by atoms with van der Waals surface area (Å²) in [6.45, 7) is 7.31. The molecule has 144 valence electrons. The van der Waals surface area contributed by atoms with Crippen LogP contribution in [0.5, 0.6) is 0 Å². The third-order valence-electron chi connectivity index (χ3n) is 7.08. The lowest BCUT2D eigenvalue weighted by Crippen LogP contribution is -2.66. The Kier molecular flexibility index (Phi) is 3.82. The quantitative estimate of drug-likeness (QED) is 0.454. The van der Waals surface area contributed by atoms with Crippen molar-refractivity contribution in [2.75, 3.05) is 13.2 Å². The van der Waals surface area contributed by atoms with Crippen molar-refractivity contribution in [1.82, 2.24) is 0 Å². The summed E-state index contributed by atoms with van der Waals surface area (Å²) in [6, 6.07) is 0. The van der Waals surface area contributed by atoms with Gasteiger partial charge in [0.2, 0.25) is 0 Å². The molecule has 4 aliphatic rings. The SMILES string of the molecule is CC(=O)OC[C@@]12CCC(C)=C[C@@H]1O[C@H]1[C@@H](O)[C@@H](OC(C)=O)[C@]2(C)C12CO2. The van der Waals surface area contributed by atoms with Gasteiger partial charge in [0.05, 0.1) is 18.1 Å². The fourth-order valence-electron chi connectivity index (χ4n) is 5.60. The van der Waals surface area contributed by atoms with Crippen LogP contribution in [0.1, 0.15) is 40.5 Å². The topological polar surface area (TPSA) is 94.6 Å². The summed E-state index contributed by atoms with van der Waals surface area (Å²) in [5, 5.41) is 10.9. The molecule has 7 heteroatoms. The van der Waals surface area contributed by atoms with Crippen molar-refractivity contribution in [2.45, 2.75) is 70.6 Å². The number of allylic oxidation sites excluding steroid dienone is 1. The molecular weight excluding hydrogens is 340 g/mol. The molecule has 0 amide bonds. The van der Waals surface area contributed by atoms with E-state index in [9.17, 15) is 14.7 Å². The van der Waals surface area contributed by atoms with Gasteiger partial charge < -0.3 is 24.1 Å². The number of hydrogen-bond donors (Lipinski definition) is 1. The van der Waals surface area contributed by atoms with Crippen LogP contribution in [0, 0.1) is 10.8 Å². The first-order valence-corrected chi connectivity index (χ1v) is 9.13. The van der Waals surface area contributed by atoms with Gasteiger partial charge in [-0.25, -0.2) is 0 Å². The van der Waals surface area contributed by atoms with Gasteiger partial charge in [0.1, 0.15) is 30.5 Å². The first kappa shape index (κ1) is 17.9. The Morgan fingerprint density at radius 3 is 2.62 bits per heavy atom. The molecular formula is C19H26O7. The molecule has 1 spiro atoms. The second-order valence-corrected chi connectivity index (χ2v) is 8.33. The van der Waals surface area contributed by atoms with E-state index in [1.165, 1.54) is 19.4 Å². The summed E-state index contributed by atoms with van der Waals surface area (Å²) < 4.78 is 23.3. The van der Waals surface area contributed by atoms with Gasteiger partial charge in [0.25, 0.3) is 0 Å². The molecule has 2 aliphatic carbocycles. The number of rotatable bonds is 3. The highest BCUT2D eigenvalue weighted by atomic mass is 16.7. The maximum atomic E-state index is 11.8. The molecule has 7 atom stereocenters. The maximum Gasteiger partial charge on any atom is 0.303 e. The Bertz CT molecular complexity index is 681. The van der Waals surface area contributed by atoms with Gasteiger partial charge in [0, 0.05) is 19.3 Å². The van der Waals surface area contributed by atoms with Crippen LogP contribution in [0.3, 0.4) is 0 Å². The van der Waals surface area contributed by atoms with E-state index in [-0.39, 0.29) is 18.7 Å². The van der Waals surface area contributed by atoms with Crippen molar-refractivity contribution in [1.29, 1.82) is 0 Å². The number of hydrogen-bond acceptors (Lipinski definition) is 7. The van der Waals surface area contributed by atoms with Crippen LogP contribution in [0.25, 0.3) is 0 Å². The molecule has 0 aromatic rings. The first-order chi connectivity index (χ1) is 12.2. The predicted octanol–water partition coefficient (Wildman–Crippen LogP) is 1.12. The molecule has 1 saturated carbocycles. The molecule has 2 heterocycles. The summed E-state index contributed by atoms with van der Waals surface area (Å²) in [5.41, 5.74) is -0.890. The van der Waals surface area contributed by atoms with Crippen LogP contribution in [0.15, 0.2) is 11.6 Å². The van der Waals surface area contributed by atoms with Gasteiger partial charge in [-0.15, -0.1) is 0 Å². The van der Waals surface area contributed by atoms with Gasteiger partial charge in [-0.2, -0.15) is 0 Å². The minimum atomic E-state index is -0.986. The van der Waals surface area contributed by atoms with E-state index in [4.69, 9.17) is 18.9 Å². The standard InChI is InChI=1S/C19H26O7/c1-10-5-6-18(8-23-11(2)20)13(7-10)26-16-14(22)15(25-12(3)21)17(18,4)19(16)9-24-19/h7,13-16,22H,5-6,8-9H2,1-4H3/t13-,14-,15+,16-,17-,18-,19?/m0/s1. The molecule has 1 unspecified atom stereocenters. The van der Waals surface area contributed by atoms with Crippen molar-refractivity contribution < 1.29 is 33.6 Å². The zero-order valence-electron chi connectivity index (χ0n) is 15.6. The van der Waals surface area contributed by atoms with E-state index >= 15 is 0 Å². The predicted molar refractivity (Wildman–Crippen MR) is 89.1 cm³/mol. The van der Waals surface area contributed by atoms with Crippen molar-refractivity contribution >= 4 is 11.9 Å². The van der Waals surface area contributed by atoms with Crippen molar-refractivity contribution in [3.8, 4) is 0 Å². The lowest BCUT2D eigenvalue weighted by atomic mass is 9.51. The third kappa shape index (κ3) is 2.05. The molecule has 26 heavy (non-hydrogen) atoms. The van der Waals surface area contributed by atoms with Crippen LogP contribution >= 0.6 is 0 Å². The van der Waals surface area contributed by atoms with Crippen molar-refractivity contribution in [2.24, 2.45) is 10.8 Å². The number of aliphatic hydroxyl groups excluding tert-OH is 1. The Balaban J connectivity index is 1.86. The van der Waals surface area contributed by atoms with Crippen LogP contribution in [0.4, 0.5) is 0 Å². The lowest BCUT2D eigenvalue weighted by Gasteiger charge is -2.58. The van der Waals surface area contributed by atoms with Gasteiger partial charge in [-0.1, -0.05) is 18.6 Å². The Morgan fingerprint density at radius 1 is 1.35 bits per heavy atom. The van der Waals surface area contributed by atoms with Crippen LogP contribution < -0.4 is 0 Å². The molecule has 4 rings (SSSR count). The van der Waals surface area contributed by atoms with E-state index in [0.717, 1.165) is 6.42 Å². The highest BCUT2D eigenvalue weighted by Gasteiger charge is 2.85. The van der Waals surface area contributed by atoms with Crippen LogP contribution in [-0.4, -0.2) is 60.3 Å². The Morgan fingerprint density at radius 2 is 2.04 bits per heavy atom. The highest BCUT2D eigenvalue weighted by molar-refractivity contribution is 5.67. The summed E-state index contributed by atoms with van der Waals surface area (Å²) in [6.07, 6.45) is 0.896. The number of carbonyl (C=O) groups excluding carboxylic acids is 2. The van der Waals surface area contributed by atoms with Crippen LogP contribution in [-0.2, 0) is 28.5 Å². The largest absolute Gasteiger partial charge is 0.465 e. The molecule has 0 aromatic heterocycles. The monoisotopic (exact) mass is 366 g/mol. The average molecular weight is 366 g/mol. The lowest BCUT2D eigenvalue weighted by molar-refractivity contribution is -0.233. The van der Waals surface area contributed by atoms with E-state index in [0.29, 0.717) is 13.0 Å². The van der Waals surface area contributed by atoms with Gasteiger partial charge in [-0.3, -0.25) is 9.59 Å². The molecule has 2 saturated heterocycles. The van der Waals surface area contributed by atoms with E-state index in [2.05, 4.69) is 6.08 Å². The van der Waals surface area contributed by atoms with Gasteiger partial charge >= 0.3 is 11.9 Å². The number of aliphatic hydroxyl groups is 1. The van der Waals surface area contributed by atoms with E-state index in [1.54, 1.807) is 0 Å². The zero-order valence-corrected chi connectivity index (χ0v) is 15.6. The van der Waals surface area contributed by atoms with E-state index in [1.807, 2.05) is 13.8 Å². The highest BCUT2D eigenvalue weighted by Crippen LogP contribution is 2.72. The number of fused-ring (bicyclic) bond motifs is 2. The third-order valence-corrected chi connectivity index (χ3v) is 7.08. The zero-order chi connectivity index (χ0) is 18.9. The molecule has 2 bridgehead atoms. The molecule has 2 aliphatic heterocycles. The number of carbonyl (C=O) groups is 2. The number of ether oxygens (including phenoxy) is 4. The van der Waals surface area contributed by atoms with Crippen LogP contribution in [0.2, 0.25) is 0 Å². The molecule has 0 aromatic carbocycles. The maximum absolute atomic E-state index is 11.8. The summed E-state index contributed by atoms with van der Waals surface area (Å²) >= 11 is 0. The summed E-state index contributed by atoms with van der Waals surface area (Å²) in [7, 11) is 0. The molecule has 3 fully saturated rings. The molecule has 1 N–H and O–H groups in total. The molecule has 7 nitrogen and oxygen atoms in total. The minimum Gasteiger partial charge on any atom is -0.465 e. The first-order valence-electron chi connectivity index (χ1n) is 9.13. The van der Waals surface area contributed by atoms with Gasteiger partial charge in [0.15, 0.2) is 0 Å². The normalized spacial score (nSPS) is 48.6. The smallest absolute Gasteiger partial charge is 0.303 e. The summed E-state index contributed by atoms with van der Waals surface area (Å²) in [4.78, 5) is 23.4. The van der Waals surface area contributed by atoms with Crippen molar-refractivity contribution in [3.05, 3.63) is 11.6 Å². The van der Waals surface area contributed by atoms with Crippen molar-refractivity contribution in [3.63, 3.8) is 0 Å². The molecule has 0 radical (unpaired) electrons. The fraction of sp³-hybridized carbons (Fsp3) is 0.789. The Hall–Kier alpha value is -1.44. The number of esters is 2.